The van der Waals surface area contributed by atoms with E-state index in [4.69, 9.17) is 0 Å². The van der Waals surface area contributed by atoms with E-state index in [1.807, 2.05) is 12.1 Å². The molecule has 0 spiro atoms. The number of nitrogens with one attached hydrogen (secondary N) is 1. The number of hydrogen-bond donors (Lipinski definition) is 1. The number of carbonyl (C=O) groups is 2. The van der Waals surface area contributed by atoms with Crippen LogP contribution < -0.4 is 5.32 Å². The second kappa shape index (κ2) is 6.14. The van der Waals surface area contributed by atoms with Gasteiger partial charge in [-0.2, -0.15) is 0 Å². The predicted octanol–water partition coefficient (Wildman–Crippen LogP) is 4.64. The van der Waals surface area contributed by atoms with Gasteiger partial charge in [-0.05, 0) is 56.1 Å². The lowest BCUT2D eigenvalue weighted by molar-refractivity contribution is 0.0666. The summed E-state index contributed by atoms with van der Waals surface area (Å²) >= 11 is 10.3. The molecule has 1 heterocycles. The molecule has 0 atom stereocenters. The number of rotatable bonds is 3. The topological polar surface area (TPSA) is 49.4 Å². The normalized spacial score (nSPS) is 13.5. The Morgan fingerprint density at radius 2 is 1.41 bits per heavy atom. The van der Waals surface area contributed by atoms with Gasteiger partial charge in [0.1, 0.15) is 0 Å². The SMILES string of the molecule is O=C1c2ccccc2C(=O)N1CNc1c(Br)cc(Br)cc1Br. The Labute approximate surface area is 152 Å². The highest BCUT2D eigenvalue weighted by atomic mass is 79.9. The van der Waals surface area contributed by atoms with E-state index < -0.39 is 0 Å². The molecule has 0 bridgehead atoms. The Morgan fingerprint density at radius 1 is 0.909 bits per heavy atom. The summed E-state index contributed by atoms with van der Waals surface area (Å²) in [5.41, 5.74) is 1.67. The van der Waals surface area contributed by atoms with Crippen LogP contribution in [-0.2, 0) is 0 Å². The number of halogens is 3. The van der Waals surface area contributed by atoms with Crippen LogP contribution >= 0.6 is 47.8 Å². The molecule has 0 radical (unpaired) electrons. The van der Waals surface area contributed by atoms with Crippen molar-refractivity contribution in [2.45, 2.75) is 0 Å². The molecule has 0 saturated carbocycles. The summed E-state index contributed by atoms with van der Waals surface area (Å²) in [5.74, 6) is -0.560. The van der Waals surface area contributed by atoms with E-state index >= 15 is 0 Å². The molecule has 2 aromatic carbocycles. The minimum atomic E-state index is -0.280. The Hall–Kier alpha value is -1.18. The lowest BCUT2D eigenvalue weighted by Gasteiger charge is -2.17. The Kier molecular flexibility index (Phi) is 4.38. The lowest BCUT2D eigenvalue weighted by atomic mass is 10.1. The second-order valence-corrected chi connectivity index (χ2v) is 7.29. The van der Waals surface area contributed by atoms with Crippen LogP contribution in [0, 0.1) is 0 Å². The molecule has 3 rings (SSSR count). The summed E-state index contributed by atoms with van der Waals surface area (Å²) in [6.45, 7) is 0.102. The van der Waals surface area contributed by atoms with Crippen molar-refractivity contribution in [1.82, 2.24) is 4.90 Å². The zero-order valence-electron chi connectivity index (χ0n) is 11.1. The highest BCUT2D eigenvalue weighted by molar-refractivity contribution is 9.11. The minimum Gasteiger partial charge on any atom is -0.365 e. The Bertz CT molecular complexity index is 734. The van der Waals surface area contributed by atoms with E-state index in [1.165, 1.54) is 4.90 Å². The number of fused-ring (bicyclic) bond motifs is 1. The van der Waals surface area contributed by atoms with E-state index in [1.54, 1.807) is 24.3 Å². The first kappa shape index (κ1) is 15.7. The molecule has 2 amide bonds. The molecular formula is C15H9Br3N2O2. The molecule has 0 aliphatic carbocycles. The number of amides is 2. The first-order valence-electron chi connectivity index (χ1n) is 6.32. The monoisotopic (exact) mass is 486 g/mol. The summed E-state index contributed by atoms with van der Waals surface area (Å²) in [7, 11) is 0. The van der Waals surface area contributed by atoms with Gasteiger partial charge in [-0.25, -0.2) is 0 Å². The van der Waals surface area contributed by atoms with Gasteiger partial charge < -0.3 is 5.32 Å². The van der Waals surface area contributed by atoms with Gasteiger partial charge >= 0.3 is 0 Å². The van der Waals surface area contributed by atoms with Crippen molar-refractivity contribution >= 4 is 65.3 Å². The van der Waals surface area contributed by atoms with E-state index in [9.17, 15) is 9.59 Å². The van der Waals surface area contributed by atoms with Crippen LogP contribution in [0.4, 0.5) is 5.69 Å². The van der Waals surface area contributed by atoms with E-state index in [-0.39, 0.29) is 18.5 Å². The van der Waals surface area contributed by atoms with Crippen LogP contribution in [-0.4, -0.2) is 23.4 Å². The summed E-state index contributed by atoms with van der Waals surface area (Å²) in [6, 6.07) is 10.6. The third-order valence-electron chi connectivity index (χ3n) is 3.30. The molecule has 1 N–H and O–H groups in total. The Balaban J connectivity index is 1.82. The van der Waals surface area contributed by atoms with Gasteiger partial charge in [0.2, 0.25) is 0 Å². The number of carbonyl (C=O) groups excluding carboxylic acids is 2. The first-order valence-corrected chi connectivity index (χ1v) is 8.70. The van der Waals surface area contributed by atoms with Crippen molar-refractivity contribution in [3.05, 3.63) is 60.9 Å². The molecular weight excluding hydrogens is 480 g/mol. The number of hydrogen-bond acceptors (Lipinski definition) is 3. The molecule has 0 aromatic heterocycles. The molecule has 1 aliphatic rings. The summed E-state index contributed by atoms with van der Waals surface area (Å²) in [6.07, 6.45) is 0. The quantitative estimate of drug-likeness (QED) is 0.640. The van der Waals surface area contributed by atoms with E-state index in [2.05, 4.69) is 53.1 Å². The summed E-state index contributed by atoms with van der Waals surface area (Å²) in [4.78, 5) is 25.8. The maximum atomic E-state index is 12.3. The largest absolute Gasteiger partial charge is 0.365 e. The molecule has 4 nitrogen and oxygen atoms in total. The van der Waals surface area contributed by atoms with Crippen molar-refractivity contribution in [3.63, 3.8) is 0 Å². The van der Waals surface area contributed by atoms with Crippen LogP contribution in [0.1, 0.15) is 20.7 Å². The maximum absolute atomic E-state index is 12.3. The predicted molar refractivity (Wildman–Crippen MR) is 95.0 cm³/mol. The highest BCUT2D eigenvalue weighted by Gasteiger charge is 2.34. The summed E-state index contributed by atoms with van der Waals surface area (Å²) < 4.78 is 2.56. The van der Waals surface area contributed by atoms with Crippen molar-refractivity contribution in [3.8, 4) is 0 Å². The van der Waals surface area contributed by atoms with Gasteiger partial charge in [0.25, 0.3) is 11.8 Å². The van der Waals surface area contributed by atoms with Crippen LogP contribution in [0.15, 0.2) is 49.8 Å². The Morgan fingerprint density at radius 3 is 1.91 bits per heavy atom. The van der Waals surface area contributed by atoms with Crippen LogP contribution in [0.2, 0.25) is 0 Å². The average molecular weight is 489 g/mol. The molecule has 112 valence electrons. The number of imide groups is 1. The third kappa shape index (κ3) is 2.73. The maximum Gasteiger partial charge on any atom is 0.263 e. The molecule has 0 fully saturated rings. The average Bonchev–Trinajstić information content (AvgIpc) is 2.71. The van der Waals surface area contributed by atoms with Crippen LogP contribution in [0.25, 0.3) is 0 Å². The number of anilines is 1. The number of nitrogens with zero attached hydrogens (tertiary/aromatic N) is 1. The molecule has 0 unspecified atom stereocenters. The van der Waals surface area contributed by atoms with Gasteiger partial charge in [-0.15, -0.1) is 0 Å². The van der Waals surface area contributed by atoms with Gasteiger partial charge in [-0.1, -0.05) is 28.1 Å². The number of benzene rings is 2. The van der Waals surface area contributed by atoms with Gasteiger partial charge in [0.05, 0.1) is 23.5 Å². The smallest absolute Gasteiger partial charge is 0.263 e. The minimum absolute atomic E-state index is 0.102. The second-order valence-electron chi connectivity index (χ2n) is 4.66. The molecule has 7 heteroatoms. The fourth-order valence-corrected chi connectivity index (χ4v) is 4.79. The molecule has 0 saturated heterocycles. The van der Waals surface area contributed by atoms with Crippen molar-refractivity contribution in [2.24, 2.45) is 0 Å². The van der Waals surface area contributed by atoms with E-state index in [0.29, 0.717) is 11.1 Å². The fourth-order valence-electron chi connectivity index (χ4n) is 2.25. The van der Waals surface area contributed by atoms with Crippen molar-refractivity contribution in [2.75, 3.05) is 12.0 Å². The van der Waals surface area contributed by atoms with E-state index in [0.717, 1.165) is 19.1 Å². The standard InChI is InChI=1S/C15H9Br3N2O2/c16-8-5-11(17)13(12(18)6-8)19-7-20-14(21)9-3-1-2-4-10(9)15(20)22/h1-6,19H,7H2. The fraction of sp³-hybridized carbons (Fsp3) is 0.0667. The van der Waals surface area contributed by atoms with Crippen molar-refractivity contribution in [1.29, 1.82) is 0 Å². The third-order valence-corrected chi connectivity index (χ3v) is 5.01. The lowest BCUT2D eigenvalue weighted by Crippen LogP contribution is -2.34. The van der Waals surface area contributed by atoms with Crippen LogP contribution in [0.3, 0.4) is 0 Å². The highest BCUT2D eigenvalue weighted by Crippen LogP contribution is 2.34. The van der Waals surface area contributed by atoms with Crippen molar-refractivity contribution < 1.29 is 9.59 Å². The van der Waals surface area contributed by atoms with Gasteiger partial charge in [-0.3, -0.25) is 14.5 Å². The molecule has 2 aromatic rings. The molecule has 1 aliphatic heterocycles. The zero-order valence-corrected chi connectivity index (χ0v) is 15.8. The summed E-state index contributed by atoms with van der Waals surface area (Å²) in [5, 5.41) is 3.12. The van der Waals surface area contributed by atoms with Crippen LogP contribution in [0.5, 0.6) is 0 Å². The van der Waals surface area contributed by atoms with Gasteiger partial charge in [0.15, 0.2) is 0 Å². The molecule has 22 heavy (non-hydrogen) atoms. The van der Waals surface area contributed by atoms with Gasteiger partial charge in [0, 0.05) is 13.4 Å². The zero-order chi connectivity index (χ0) is 15.9. The first-order chi connectivity index (χ1) is 10.5.